The highest BCUT2D eigenvalue weighted by molar-refractivity contribution is 5.85. The number of aromatic nitrogens is 1. The van der Waals surface area contributed by atoms with Gasteiger partial charge in [-0.2, -0.15) is 5.26 Å². The smallest absolute Gasteiger partial charge is 0.268 e. The van der Waals surface area contributed by atoms with Gasteiger partial charge in [-0.3, -0.25) is 9.78 Å². The molecule has 1 aliphatic heterocycles. The van der Waals surface area contributed by atoms with Crippen LogP contribution in [0.4, 0.5) is 8.78 Å². The van der Waals surface area contributed by atoms with Crippen LogP contribution in [0.25, 0.3) is 10.9 Å². The number of carbonyl (C=O) groups excluding carboxylic acids is 1. The highest BCUT2D eigenvalue weighted by Crippen LogP contribution is 2.32. The van der Waals surface area contributed by atoms with Crippen molar-refractivity contribution >= 4 is 16.8 Å². The molecule has 1 aliphatic rings. The summed E-state index contributed by atoms with van der Waals surface area (Å²) in [5.41, 5.74) is 6.53. The van der Waals surface area contributed by atoms with Crippen LogP contribution in [0.2, 0.25) is 0 Å². The van der Waals surface area contributed by atoms with Gasteiger partial charge in [0, 0.05) is 18.0 Å². The Morgan fingerprint density at radius 3 is 3.00 bits per heavy atom. The fraction of sp³-hybridized carbons (Fsp3) is 0.353. The van der Waals surface area contributed by atoms with E-state index in [2.05, 4.69) is 4.98 Å². The van der Waals surface area contributed by atoms with E-state index in [1.165, 1.54) is 0 Å². The zero-order valence-corrected chi connectivity index (χ0v) is 13.2. The molecule has 1 saturated heterocycles. The normalized spacial score (nSPS) is 20.2. The van der Waals surface area contributed by atoms with Crippen molar-refractivity contribution in [2.45, 2.75) is 24.4 Å². The van der Waals surface area contributed by atoms with E-state index in [0.29, 0.717) is 5.75 Å². The molecule has 6 nitrogen and oxygen atoms in total. The predicted molar refractivity (Wildman–Crippen MR) is 85.9 cm³/mol. The van der Waals surface area contributed by atoms with E-state index in [4.69, 9.17) is 15.7 Å². The fourth-order valence-corrected chi connectivity index (χ4v) is 2.82. The number of nitriles is 1. The van der Waals surface area contributed by atoms with Crippen molar-refractivity contribution in [3.63, 3.8) is 0 Å². The van der Waals surface area contributed by atoms with Gasteiger partial charge in [0.1, 0.15) is 24.4 Å². The number of nitrogens with zero attached hydrogens (tertiary/aromatic N) is 3. The van der Waals surface area contributed by atoms with Gasteiger partial charge < -0.3 is 15.4 Å². The molecule has 0 bridgehead atoms. The van der Waals surface area contributed by atoms with Crippen molar-refractivity contribution in [2.24, 2.45) is 5.73 Å². The average Bonchev–Trinajstić information content (AvgIpc) is 2.93. The van der Waals surface area contributed by atoms with Crippen molar-refractivity contribution in [3.8, 4) is 11.8 Å². The molecule has 130 valence electrons. The van der Waals surface area contributed by atoms with Gasteiger partial charge in [0.2, 0.25) is 5.91 Å². The number of hydrogen-bond donors (Lipinski definition) is 1. The first-order valence-electron chi connectivity index (χ1n) is 7.71. The molecule has 0 saturated carbocycles. The molecule has 2 heterocycles. The molecule has 25 heavy (non-hydrogen) atoms. The van der Waals surface area contributed by atoms with Crippen molar-refractivity contribution < 1.29 is 18.3 Å². The van der Waals surface area contributed by atoms with Crippen LogP contribution >= 0.6 is 0 Å². The molecule has 1 aromatic heterocycles. The third-order valence-electron chi connectivity index (χ3n) is 4.05. The maximum Gasteiger partial charge on any atom is 0.268 e. The summed E-state index contributed by atoms with van der Waals surface area (Å²) in [5.74, 6) is -3.29. The number of nitrogens with two attached hydrogens (primary N) is 1. The molecule has 1 aromatic carbocycles. The molecular formula is C17H16F2N4O2. The Labute approximate surface area is 142 Å². The van der Waals surface area contributed by atoms with Gasteiger partial charge in [-0.1, -0.05) is 12.1 Å². The number of hydrogen-bond acceptors (Lipinski definition) is 5. The van der Waals surface area contributed by atoms with Gasteiger partial charge in [0.15, 0.2) is 0 Å². The molecule has 0 radical (unpaired) electrons. The number of halogens is 2. The summed E-state index contributed by atoms with van der Waals surface area (Å²) in [5, 5.41) is 9.73. The minimum atomic E-state index is -3.07. The number of carbonyl (C=O) groups is 1. The average molecular weight is 346 g/mol. The number of para-hydroxylation sites is 1. The summed E-state index contributed by atoms with van der Waals surface area (Å²) in [6.45, 7) is -0.983. The van der Waals surface area contributed by atoms with Crippen molar-refractivity contribution in [3.05, 3.63) is 36.5 Å². The minimum absolute atomic E-state index is 0.187. The Kier molecular flexibility index (Phi) is 4.51. The van der Waals surface area contributed by atoms with Gasteiger partial charge in [-0.05, 0) is 18.2 Å². The molecule has 0 spiro atoms. The minimum Gasteiger partial charge on any atom is -0.491 e. The quantitative estimate of drug-likeness (QED) is 0.910. The Balaban J connectivity index is 1.69. The van der Waals surface area contributed by atoms with Gasteiger partial charge >= 0.3 is 0 Å². The summed E-state index contributed by atoms with van der Waals surface area (Å²) >= 11 is 0. The summed E-state index contributed by atoms with van der Waals surface area (Å²) in [6.07, 6.45) is 0.898. The third kappa shape index (κ3) is 3.51. The number of fused-ring (bicyclic) bond motifs is 1. The monoisotopic (exact) mass is 346 g/mol. The predicted octanol–water partition coefficient (Wildman–Crippen LogP) is 1.70. The topological polar surface area (TPSA) is 92.2 Å². The van der Waals surface area contributed by atoms with E-state index in [1.54, 1.807) is 18.3 Å². The van der Waals surface area contributed by atoms with Gasteiger partial charge in [0.25, 0.3) is 5.92 Å². The zero-order valence-electron chi connectivity index (χ0n) is 13.2. The van der Waals surface area contributed by atoms with E-state index < -0.39 is 36.9 Å². The lowest BCUT2D eigenvalue weighted by Gasteiger charge is -2.23. The van der Waals surface area contributed by atoms with Crippen LogP contribution in [0.15, 0.2) is 36.5 Å². The Morgan fingerprint density at radius 2 is 2.24 bits per heavy atom. The van der Waals surface area contributed by atoms with E-state index in [-0.39, 0.29) is 6.61 Å². The van der Waals surface area contributed by atoms with Crippen LogP contribution < -0.4 is 10.5 Å². The van der Waals surface area contributed by atoms with Crippen molar-refractivity contribution in [2.75, 3.05) is 13.2 Å². The first-order valence-corrected chi connectivity index (χ1v) is 7.71. The van der Waals surface area contributed by atoms with E-state index in [0.717, 1.165) is 15.8 Å². The van der Waals surface area contributed by atoms with Crippen LogP contribution in [0.5, 0.6) is 5.75 Å². The maximum absolute atomic E-state index is 13.5. The highest BCUT2D eigenvalue weighted by atomic mass is 19.3. The van der Waals surface area contributed by atoms with Crippen LogP contribution in [-0.4, -0.2) is 46.9 Å². The first-order chi connectivity index (χ1) is 11.9. The largest absolute Gasteiger partial charge is 0.491 e. The second-order valence-corrected chi connectivity index (χ2v) is 5.91. The molecule has 2 unspecified atom stereocenters. The summed E-state index contributed by atoms with van der Waals surface area (Å²) in [7, 11) is 0. The van der Waals surface area contributed by atoms with Gasteiger partial charge in [0.05, 0.1) is 18.1 Å². The number of pyridine rings is 1. The Bertz CT molecular complexity index is 832. The standard InChI is InChI=1S/C17H16F2N4O2/c18-17(19)7-11(8-20)23(10-17)16(24)13(21)9-25-15-5-6-22-14-4-2-1-3-12(14)15/h1-6,11,13H,7,9-10,21H2. The molecule has 1 fully saturated rings. The molecule has 2 N–H and O–H groups in total. The van der Waals surface area contributed by atoms with Crippen LogP contribution in [0, 0.1) is 11.3 Å². The summed E-state index contributed by atoms with van der Waals surface area (Å²) < 4.78 is 32.5. The molecule has 3 rings (SSSR count). The third-order valence-corrected chi connectivity index (χ3v) is 4.05. The first kappa shape index (κ1) is 17.0. The number of likely N-dealkylation sites (tertiary alicyclic amines) is 1. The number of ether oxygens (including phenoxy) is 1. The Hall–Kier alpha value is -2.79. The fourth-order valence-electron chi connectivity index (χ4n) is 2.82. The molecule has 8 heteroatoms. The van der Waals surface area contributed by atoms with Crippen molar-refractivity contribution in [1.29, 1.82) is 5.26 Å². The summed E-state index contributed by atoms with van der Waals surface area (Å²) in [6, 6.07) is 8.35. The summed E-state index contributed by atoms with van der Waals surface area (Å²) in [4.78, 5) is 17.3. The van der Waals surface area contributed by atoms with Gasteiger partial charge in [-0.15, -0.1) is 0 Å². The SMILES string of the molecule is N#CC1CC(F)(F)CN1C(=O)C(N)COc1ccnc2ccccc12. The van der Waals surface area contributed by atoms with Crippen LogP contribution in [0.1, 0.15) is 6.42 Å². The van der Waals surface area contributed by atoms with E-state index in [9.17, 15) is 13.6 Å². The molecule has 2 atom stereocenters. The lowest BCUT2D eigenvalue weighted by molar-refractivity contribution is -0.134. The van der Waals surface area contributed by atoms with Gasteiger partial charge in [-0.25, -0.2) is 8.78 Å². The van der Waals surface area contributed by atoms with E-state index in [1.807, 2.05) is 24.3 Å². The highest BCUT2D eigenvalue weighted by Gasteiger charge is 2.48. The second-order valence-electron chi connectivity index (χ2n) is 5.91. The second kappa shape index (κ2) is 6.61. The van der Waals surface area contributed by atoms with Crippen LogP contribution in [0.3, 0.4) is 0 Å². The molecule has 0 aliphatic carbocycles. The number of amides is 1. The zero-order chi connectivity index (χ0) is 18.0. The lowest BCUT2D eigenvalue weighted by atomic mass is 10.2. The van der Waals surface area contributed by atoms with Crippen LogP contribution in [-0.2, 0) is 4.79 Å². The maximum atomic E-state index is 13.5. The molecular weight excluding hydrogens is 330 g/mol. The molecule has 1 amide bonds. The lowest BCUT2D eigenvalue weighted by Crippen LogP contribution is -2.48. The molecule has 2 aromatic rings. The van der Waals surface area contributed by atoms with Crippen molar-refractivity contribution in [1.82, 2.24) is 9.88 Å². The Morgan fingerprint density at radius 1 is 1.48 bits per heavy atom. The van der Waals surface area contributed by atoms with E-state index >= 15 is 0 Å². The number of rotatable bonds is 4. The number of benzene rings is 1. The number of alkyl halides is 2.